The van der Waals surface area contributed by atoms with E-state index in [1.165, 1.54) is 16.7 Å². The van der Waals surface area contributed by atoms with Crippen LogP contribution in [0.25, 0.3) is 0 Å². The second-order valence-electron chi connectivity index (χ2n) is 6.78. The predicted molar refractivity (Wildman–Crippen MR) is 113 cm³/mol. The Morgan fingerprint density at radius 3 is 2.68 bits per heavy atom. The molecule has 2 atom stereocenters. The molecule has 0 fully saturated rings. The molecule has 0 saturated heterocycles. The fourth-order valence-corrected chi connectivity index (χ4v) is 4.03. The first-order chi connectivity index (χ1) is 13.5. The molecular weight excluding hydrogens is 372 g/mol. The van der Waals surface area contributed by atoms with Crippen LogP contribution in [0.3, 0.4) is 0 Å². The van der Waals surface area contributed by atoms with Crippen molar-refractivity contribution in [3.8, 4) is 0 Å². The molecule has 0 aromatic heterocycles. The molecule has 7 heteroatoms. The zero-order chi connectivity index (χ0) is 19.8. The fourth-order valence-electron chi connectivity index (χ4n) is 3.11. The van der Waals surface area contributed by atoms with Gasteiger partial charge in [0.1, 0.15) is 11.9 Å². The van der Waals surface area contributed by atoms with Gasteiger partial charge in [0.15, 0.2) is 5.17 Å². The number of carbonyl (C=O) groups is 2. The summed E-state index contributed by atoms with van der Waals surface area (Å²) in [5, 5.41) is 3.00. The molecule has 0 unspecified atom stereocenters. The molecule has 2 amide bonds. The van der Waals surface area contributed by atoms with Crippen LogP contribution in [0.1, 0.15) is 25.0 Å². The molecule has 2 aliphatic heterocycles. The number of anilines is 1. The topological polar surface area (TPSA) is 74.1 Å². The van der Waals surface area contributed by atoms with Gasteiger partial charge in [0.05, 0.1) is 10.9 Å². The molecule has 0 aliphatic carbocycles. The molecule has 2 aromatic rings. The first-order valence-corrected chi connectivity index (χ1v) is 9.96. The average Bonchev–Trinajstić information content (AvgIpc) is 2.99. The Labute approximate surface area is 167 Å². The third kappa shape index (κ3) is 3.22. The fraction of sp³-hybridized carbons (Fsp3) is 0.238. The smallest absolute Gasteiger partial charge is 0.258 e. The number of amidine groups is 2. The molecule has 1 N–H and O–H groups in total. The molecule has 0 radical (unpaired) electrons. The first kappa shape index (κ1) is 18.4. The lowest BCUT2D eigenvalue weighted by Crippen LogP contribution is -2.42. The van der Waals surface area contributed by atoms with Crippen LogP contribution in [0.2, 0.25) is 0 Å². The summed E-state index contributed by atoms with van der Waals surface area (Å²) in [5.41, 5.74) is 3.37. The van der Waals surface area contributed by atoms with Crippen molar-refractivity contribution in [2.75, 3.05) is 5.32 Å². The van der Waals surface area contributed by atoms with Gasteiger partial charge in [-0.3, -0.25) is 14.6 Å². The normalized spacial score (nSPS) is 18.8. The van der Waals surface area contributed by atoms with Crippen LogP contribution >= 0.6 is 11.8 Å². The van der Waals surface area contributed by atoms with Gasteiger partial charge in [0.2, 0.25) is 5.91 Å². The van der Waals surface area contributed by atoms with Gasteiger partial charge < -0.3 is 5.32 Å². The van der Waals surface area contributed by atoms with Crippen molar-refractivity contribution in [2.24, 2.45) is 9.98 Å². The van der Waals surface area contributed by atoms with Crippen molar-refractivity contribution >= 4 is 46.0 Å². The molecule has 28 heavy (non-hydrogen) atoms. The molecule has 4 rings (SSSR count). The zero-order valence-electron chi connectivity index (χ0n) is 15.8. The minimum Gasteiger partial charge on any atom is -0.325 e. The summed E-state index contributed by atoms with van der Waals surface area (Å²) >= 11 is 1.26. The third-order valence-electron chi connectivity index (χ3n) is 4.71. The van der Waals surface area contributed by atoms with Crippen molar-refractivity contribution in [1.82, 2.24) is 4.90 Å². The number of para-hydroxylation sites is 2. The van der Waals surface area contributed by atoms with Gasteiger partial charge in [-0.15, -0.1) is 0 Å². The number of fused-ring (bicyclic) bond motifs is 3. The van der Waals surface area contributed by atoms with E-state index < -0.39 is 11.3 Å². The lowest BCUT2D eigenvalue weighted by atomic mass is 10.1. The van der Waals surface area contributed by atoms with Crippen molar-refractivity contribution in [2.45, 2.75) is 32.1 Å². The van der Waals surface area contributed by atoms with Crippen molar-refractivity contribution in [3.05, 3.63) is 59.7 Å². The van der Waals surface area contributed by atoms with Crippen molar-refractivity contribution in [1.29, 1.82) is 0 Å². The van der Waals surface area contributed by atoms with Crippen LogP contribution in [-0.2, 0) is 9.59 Å². The van der Waals surface area contributed by atoms with Gasteiger partial charge in [-0.25, -0.2) is 9.89 Å². The minimum absolute atomic E-state index is 0.123. The number of nitrogens with one attached hydrogen (secondary N) is 1. The summed E-state index contributed by atoms with van der Waals surface area (Å²) in [6.07, 6.45) is 0. The molecule has 0 bridgehead atoms. The summed E-state index contributed by atoms with van der Waals surface area (Å²) < 4.78 is 0. The number of nitrogens with zero attached hydrogens (tertiary/aromatic N) is 3. The van der Waals surface area contributed by atoms with E-state index in [2.05, 4.69) is 15.3 Å². The number of rotatable bonds is 3. The van der Waals surface area contributed by atoms with Gasteiger partial charge in [-0.05, 0) is 44.5 Å². The number of hydrogen-bond acceptors (Lipinski definition) is 5. The summed E-state index contributed by atoms with van der Waals surface area (Å²) in [6.45, 7) is 5.53. The number of thioether (sulfide) groups is 1. The standard InChI is InChI=1S/C21H20N4O2S/c1-12-8-4-6-10-16(12)23-19(26)14(3)28-21-24-17-11-7-5-9-15(17)18-22-13(2)20(27)25(18)21/h4-11,13-14H,1-3H3,(H,23,26)/t13-,14-/m0/s1. The Morgan fingerprint density at radius 1 is 1.18 bits per heavy atom. The van der Waals surface area contributed by atoms with E-state index in [0.29, 0.717) is 11.0 Å². The largest absolute Gasteiger partial charge is 0.325 e. The monoisotopic (exact) mass is 392 g/mol. The molecule has 0 saturated carbocycles. The highest BCUT2D eigenvalue weighted by Crippen LogP contribution is 2.34. The third-order valence-corrected chi connectivity index (χ3v) is 5.76. The highest BCUT2D eigenvalue weighted by molar-refractivity contribution is 8.15. The molecule has 6 nitrogen and oxygen atoms in total. The number of benzene rings is 2. The molecule has 2 aromatic carbocycles. The van der Waals surface area contributed by atoms with E-state index in [9.17, 15) is 9.59 Å². The van der Waals surface area contributed by atoms with Crippen LogP contribution in [-0.4, -0.2) is 39.0 Å². The Hall–Kier alpha value is -2.93. The second kappa shape index (κ2) is 7.24. The Kier molecular flexibility index (Phi) is 4.77. The maximum atomic E-state index is 12.7. The maximum absolute atomic E-state index is 12.7. The Balaban J connectivity index is 1.59. The van der Waals surface area contributed by atoms with E-state index in [0.717, 1.165) is 22.5 Å². The summed E-state index contributed by atoms with van der Waals surface area (Å²) in [6, 6.07) is 14.8. The van der Waals surface area contributed by atoms with Crippen LogP contribution in [0, 0.1) is 6.92 Å². The summed E-state index contributed by atoms with van der Waals surface area (Å²) in [7, 11) is 0. The number of carbonyl (C=O) groups excluding carboxylic acids is 2. The number of amides is 2. The first-order valence-electron chi connectivity index (χ1n) is 9.08. The zero-order valence-corrected chi connectivity index (χ0v) is 16.7. The van der Waals surface area contributed by atoms with E-state index in [1.807, 2.05) is 62.4 Å². The van der Waals surface area contributed by atoms with E-state index in [-0.39, 0.29) is 11.8 Å². The number of hydrogen-bond donors (Lipinski definition) is 1. The molecule has 142 valence electrons. The molecule has 2 heterocycles. The number of aliphatic imine (C=N–C) groups is 2. The van der Waals surface area contributed by atoms with Crippen LogP contribution in [0.15, 0.2) is 58.5 Å². The SMILES string of the molecule is Cc1ccccc1NC(=O)[C@H](C)SC1=Nc2ccccc2C2=N[C@@H](C)C(=O)N12. The van der Waals surface area contributed by atoms with Gasteiger partial charge >= 0.3 is 0 Å². The van der Waals surface area contributed by atoms with Gasteiger partial charge in [-0.2, -0.15) is 0 Å². The van der Waals surface area contributed by atoms with E-state index in [1.54, 1.807) is 6.92 Å². The highest BCUT2D eigenvalue weighted by atomic mass is 32.2. The van der Waals surface area contributed by atoms with Crippen LogP contribution in [0.5, 0.6) is 0 Å². The molecule has 2 aliphatic rings. The van der Waals surface area contributed by atoms with Crippen LogP contribution in [0.4, 0.5) is 11.4 Å². The Bertz CT molecular complexity index is 1030. The quantitative estimate of drug-likeness (QED) is 0.865. The second-order valence-corrected chi connectivity index (χ2v) is 8.09. The average molecular weight is 392 g/mol. The predicted octanol–water partition coefficient (Wildman–Crippen LogP) is 3.73. The van der Waals surface area contributed by atoms with Gasteiger partial charge in [0, 0.05) is 11.3 Å². The van der Waals surface area contributed by atoms with E-state index >= 15 is 0 Å². The summed E-state index contributed by atoms with van der Waals surface area (Å²) in [4.78, 5) is 36.1. The lowest BCUT2D eigenvalue weighted by Gasteiger charge is -2.26. The minimum atomic E-state index is -0.456. The van der Waals surface area contributed by atoms with Crippen molar-refractivity contribution in [3.63, 3.8) is 0 Å². The highest BCUT2D eigenvalue weighted by Gasteiger charge is 2.40. The molecular formula is C21H20N4O2S. The lowest BCUT2D eigenvalue weighted by molar-refractivity contribution is -0.124. The number of aryl methyl sites for hydroxylation is 1. The molecule has 0 spiro atoms. The van der Waals surface area contributed by atoms with E-state index in [4.69, 9.17) is 0 Å². The maximum Gasteiger partial charge on any atom is 0.258 e. The van der Waals surface area contributed by atoms with Gasteiger partial charge in [-0.1, -0.05) is 42.1 Å². The van der Waals surface area contributed by atoms with Gasteiger partial charge in [0.25, 0.3) is 5.91 Å². The van der Waals surface area contributed by atoms with Crippen LogP contribution < -0.4 is 5.32 Å². The Morgan fingerprint density at radius 2 is 1.89 bits per heavy atom. The summed E-state index contributed by atoms with van der Waals surface area (Å²) in [5.74, 6) is 0.346. The van der Waals surface area contributed by atoms with Crippen molar-refractivity contribution < 1.29 is 9.59 Å².